The largest absolute Gasteiger partial charge is 0.496 e. The third-order valence-corrected chi connectivity index (χ3v) is 4.56. The molecule has 7 heteroatoms. The van der Waals surface area contributed by atoms with Crippen molar-refractivity contribution in [2.75, 3.05) is 7.11 Å². The van der Waals surface area contributed by atoms with E-state index in [1.807, 2.05) is 18.2 Å². The Morgan fingerprint density at radius 3 is 2.63 bits per heavy atom. The van der Waals surface area contributed by atoms with Crippen LogP contribution in [-0.4, -0.2) is 27.5 Å². The number of benzene rings is 2. The molecule has 4 aromatic rings. The molecule has 0 bridgehead atoms. The molecule has 2 aromatic heterocycles. The molecule has 0 aliphatic rings. The van der Waals surface area contributed by atoms with Crippen LogP contribution in [0.5, 0.6) is 5.75 Å². The van der Waals surface area contributed by atoms with Crippen molar-refractivity contribution in [1.29, 1.82) is 0 Å². The Balaban J connectivity index is 1.69. The Bertz CT molecular complexity index is 1060. The van der Waals surface area contributed by atoms with Gasteiger partial charge < -0.3 is 4.74 Å². The first-order valence-corrected chi connectivity index (χ1v) is 8.69. The molecule has 0 saturated carbocycles. The number of ether oxygens (including phenoxy) is 1. The average Bonchev–Trinajstić information content (AvgIpc) is 2.63. The topological polar surface area (TPSA) is 66.6 Å². The van der Waals surface area contributed by atoms with E-state index in [-0.39, 0.29) is 5.82 Å². The molecule has 5 nitrogen and oxygen atoms in total. The molecule has 0 aliphatic carbocycles. The standard InChI is InChI=1S/C20H16ClFN4O/c1-27-17-8-6-14(19(22)18(17)13-3-2-4-15(21)10-13)9-12-5-7-16(23-11-12)20-24-26-25-20/h2-8,10-11,26H,9H2,1H3,(H,24,25). The molecule has 0 unspecified atom stereocenters. The molecule has 2 N–H and O–H groups in total. The van der Waals surface area contributed by atoms with Gasteiger partial charge in [0.05, 0.1) is 12.7 Å². The van der Waals surface area contributed by atoms with Crippen molar-refractivity contribution < 1.29 is 9.13 Å². The SMILES string of the molecule is COc1ccc(Cc2ccc(-c3n[nH][nH]3)nc2)c(F)c1-c1cccc(Cl)c1. The second-order valence-electron chi connectivity index (χ2n) is 6.05. The van der Waals surface area contributed by atoms with E-state index in [1.54, 1.807) is 36.5 Å². The Kier molecular flexibility index (Phi) is 4.64. The van der Waals surface area contributed by atoms with E-state index in [0.717, 1.165) is 11.3 Å². The van der Waals surface area contributed by atoms with Gasteiger partial charge in [0.15, 0.2) is 5.82 Å². The lowest BCUT2D eigenvalue weighted by molar-refractivity contribution is 0.413. The zero-order valence-corrected chi connectivity index (χ0v) is 15.2. The fourth-order valence-electron chi connectivity index (χ4n) is 2.94. The summed E-state index contributed by atoms with van der Waals surface area (Å²) in [6, 6.07) is 14.3. The van der Waals surface area contributed by atoms with Gasteiger partial charge >= 0.3 is 0 Å². The van der Waals surface area contributed by atoms with Crippen LogP contribution < -0.4 is 4.74 Å². The number of hydrogen-bond acceptors (Lipinski definition) is 3. The van der Waals surface area contributed by atoms with E-state index in [0.29, 0.717) is 39.7 Å². The van der Waals surface area contributed by atoms with Crippen molar-refractivity contribution in [3.05, 3.63) is 76.7 Å². The van der Waals surface area contributed by atoms with Gasteiger partial charge in [-0.05, 0) is 41.0 Å². The van der Waals surface area contributed by atoms with Crippen LogP contribution in [0.4, 0.5) is 4.39 Å². The van der Waals surface area contributed by atoms with Crippen molar-refractivity contribution in [3.63, 3.8) is 0 Å². The summed E-state index contributed by atoms with van der Waals surface area (Å²) >= 11 is 6.08. The molecule has 136 valence electrons. The Morgan fingerprint density at radius 2 is 2.00 bits per heavy atom. The second-order valence-corrected chi connectivity index (χ2v) is 6.49. The fraction of sp³-hybridized carbons (Fsp3) is 0.100. The minimum absolute atomic E-state index is 0.324. The highest BCUT2D eigenvalue weighted by atomic mass is 35.5. The van der Waals surface area contributed by atoms with Crippen molar-refractivity contribution in [3.8, 4) is 28.4 Å². The number of aromatic amines is 2. The van der Waals surface area contributed by atoms with Crippen LogP contribution in [0.25, 0.3) is 22.6 Å². The van der Waals surface area contributed by atoms with Crippen LogP contribution in [0.2, 0.25) is 5.02 Å². The summed E-state index contributed by atoms with van der Waals surface area (Å²) in [6.07, 6.45) is 2.13. The summed E-state index contributed by atoms with van der Waals surface area (Å²) < 4.78 is 20.7. The van der Waals surface area contributed by atoms with E-state index in [9.17, 15) is 0 Å². The molecule has 2 aromatic carbocycles. The smallest absolute Gasteiger partial charge is 0.193 e. The average molecular weight is 383 g/mol. The quantitative estimate of drug-likeness (QED) is 0.518. The molecule has 4 rings (SSSR count). The van der Waals surface area contributed by atoms with Gasteiger partial charge in [0.1, 0.15) is 17.3 Å². The van der Waals surface area contributed by atoms with Crippen LogP contribution >= 0.6 is 11.6 Å². The number of methoxy groups -OCH3 is 1. The van der Waals surface area contributed by atoms with Crippen LogP contribution in [0.15, 0.2) is 54.7 Å². The Morgan fingerprint density at radius 1 is 1.15 bits per heavy atom. The first-order valence-electron chi connectivity index (χ1n) is 8.31. The maximum Gasteiger partial charge on any atom is 0.193 e. The number of nitrogens with zero attached hydrogens (tertiary/aromatic N) is 2. The lowest BCUT2D eigenvalue weighted by atomic mass is 9.97. The minimum atomic E-state index is -0.324. The molecule has 27 heavy (non-hydrogen) atoms. The zero-order chi connectivity index (χ0) is 18.8. The number of aromatic nitrogens is 4. The summed E-state index contributed by atoms with van der Waals surface area (Å²) in [7, 11) is 1.53. The lowest BCUT2D eigenvalue weighted by Gasteiger charge is -2.14. The highest BCUT2D eigenvalue weighted by molar-refractivity contribution is 6.30. The van der Waals surface area contributed by atoms with Gasteiger partial charge in [0.25, 0.3) is 0 Å². The van der Waals surface area contributed by atoms with Gasteiger partial charge in [-0.3, -0.25) is 10.1 Å². The molecule has 0 amide bonds. The maximum absolute atomic E-state index is 15.3. The number of H-pyrrole nitrogens is 2. The first kappa shape index (κ1) is 17.3. The number of rotatable bonds is 5. The van der Waals surface area contributed by atoms with Gasteiger partial charge in [0.2, 0.25) is 0 Å². The third-order valence-electron chi connectivity index (χ3n) is 4.32. The van der Waals surface area contributed by atoms with Gasteiger partial charge in [-0.15, -0.1) is 5.10 Å². The predicted molar refractivity (Wildman–Crippen MR) is 102 cm³/mol. The maximum atomic E-state index is 15.3. The fourth-order valence-corrected chi connectivity index (χ4v) is 3.13. The van der Waals surface area contributed by atoms with Gasteiger partial charge in [-0.2, -0.15) is 0 Å². The molecular weight excluding hydrogens is 367 g/mol. The highest BCUT2D eigenvalue weighted by Gasteiger charge is 2.17. The van der Waals surface area contributed by atoms with Gasteiger partial charge in [-0.25, -0.2) is 9.60 Å². The van der Waals surface area contributed by atoms with E-state index in [4.69, 9.17) is 16.3 Å². The lowest BCUT2D eigenvalue weighted by Crippen LogP contribution is -2.02. The number of hydrogen-bond donors (Lipinski definition) is 2. The predicted octanol–water partition coefficient (Wildman–Crippen LogP) is 4.86. The molecule has 0 saturated heterocycles. The summed E-state index contributed by atoms with van der Waals surface area (Å²) in [5.74, 6) is 0.823. The van der Waals surface area contributed by atoms with Gasteiger partial charge in [-0.1, -0.05) is 35.9 Å². The summed E-state index contributed by atoms with van der Waals surface area (Å²) in [4.78, 5) is 4.35. The highest BCUT2D eigenvalue weighted by Crippen LogP contribution is 2.36. The van der Waals surface area contributed by atoms with E-state index in [2.05, 4.69) is 20.4 Å². The molecule has 0 radical (unpaired) electrons. The van der Waals surface area contributed by atoms with Crippen LogP contribution in [0, 0.1) is 5.82 Å². The van der Waals surface area contributed by atoms with Crippen molar-refractivity contribution in [1.82, 2.24) is 20.4 Å². The summed E-state index contributed by atoms with van der Waals surface area (Å²) in [6.45, 7) is 0. The molecule has 2 heterocycles. The molecule has 0 atom stereocenters. The molecule has 0 fully saturated rings. The van der Waals surface area contributed by atoms with Crippen molar-refractivity contribution >= 4 is 11.6 Å². The number of nitrogens with one attached hydrogen (secondary N) is 2. The third kappa shape index (κ3) is 3.44. The normalized spacial score (nSPS) is 10.9. The summed E-state index contributed by atoms with van der Waals surface area (Å²) in [5.41, 5.74) is 3.26. The van der Waals surface area contributed by atoms with E-state index >= 15 is 4.39 Å². The van der Waals surface area contributed by atoms with E-state index in [1.165, 1.54) is 7.11 Å². The van der Waals surface area contributed by atoms with Crippen molar-refractivity contribution in [2.24, 2.45) is 0 Å². The molecule has 0 spiro atoms. The van der Waals surface area contributed by atoms with E-state index < -0.39 is 0 Å². The Hall–Kier alpha value is -3.12. The van der Waals surface area contributed by atoms with Crippen LogP contribution in [-0.2, 0) is 6.42 Å². The van der Waals surface area contributed by atoms with Gasteiger partial charge in [0, 0.05) is 17.6 Å². The first-order chi connectivity index (χ1) is 13.2. The second kappa shape index (κ2) is 7.25. The number of pyridine rings is 1. The number of halogens is 2. The zero-order valence-electron chi connectivity index (χ0n) is 14.5. The molecule has 0 aliphatic heterocycles. The minimum Gasteiger partial charge on any atom is -0.496 e. The summed E-state index contributed by atoms with van der Waals surface area (Å²) in [5, 5.41) is 9.91. The molecular formula is C20H16ClFN4O. The van der Waals surface area contributed by atoms with Crippen LogP contribution in [0.1, 0.15) is 11.1 Å². The monoisotopic (exact) mass is 382 g/mol. The Labute approximate surface area is 160 Å². The van der Waals surface area contributed by atoms with Crippen LogP contribution in [0.3, 0.4) is 0 Å². The van der Waals surface area contributed by atoms with Crippen molar-refractivity contribution in [2.45, 2.75) is 6.42 Å².